The molecule has 0 radical (unpaired) electrons. The number of nitrogens with two attached hydrogens (primary N) is 1. The van der Waals surface area contributed by atoms with E-state index in [1.54, 1.807) is 6.26 Å². The minimum Gasteiger partial charge on any atom is -0.491 e. The Kier molecular flexibility index (Phi) is 4.83. The van der Waals surface area contributed by atoms with Crippen molar-refractivity contribution < 1.29 is 14.2 Å². The van der Waals surface area contributed by atoms with Crippen LogP contribution in [0.15, 0.2) is 72.1 Å². The van der Waals surface area contributed by atoms with E-state index in [-0.39, 0.29) is 0 Å². The molecule has 0 amide bonds. The second kappa shape index (κ2) is 7.20. The van der Waals surface area contributed by atoms with Crippen LogP contribution in [-0.4, -0.2) is 12.6 Å². The van der Waals surface area contributed by atoms with Crippen LogP contribution in [0.3, 0.4) is 0 Å². The summed E-state index contributed by atoms with van der Waals surface area (Å²) in [6, 6.07) is 7.46. The van der Waals surface area contributed by atoms with Crippen LogP contribution in [0.5, 0.6) is 5.75 Å². The first kappa shape index (κ1) is 15.4. The van der Waals surface area contributed by atoms with Crippen molar-refractivity contribution in [1.29, 1.82) is 0 Å². The van der Waals surface area contributed by atoms with Gasteiger partial charge in [0, 0.05) is 0 Å². The number of ether oxygens (including phenoxy) is 3. The molecule has 0 bridgehead atoms. The van der Waals surface area contributed by atoms with E-state index in [2.05, 4.69) is 6.08 Å². The number of hydrogen-bond acceptors (Lipinski definition) is 4. The summed E-state index contributed by atoms with van der Waals surface area (Å²) in [4.78, 5) is 0. The predicted octanol–water partition coefficient (Wildman–Crippen LogP) is 3.71. The molecule has 2 N–H and O–H groups in total. The summed E-state index contributed by atoms with van der Waals surface area (Å²) in [5.74, 6) is 2.13. The number of benzene rings is 1. The van der Waals surface area contributed by atoms with Gasteiger partial charge in [-0.3, -0.25) is 0 Å². The Morgan fingerprint density at radius 2 is 2.13 bits per heavy atom. The first-order valence-electron chi connectivity index (χ1n) is 7.77. The van der Waals surface area contributed by atoms with E-state index in [1.807, 2.05) is 43.3 Å². The molecule has 23 heavy (non-hydrogen) atoms. The van der Waals surface area contributed by atoms with Gasteiger partial charge in [0.2, 0.25) is 0 Å². The molecule has 0 saturated heterocycles. The van der Waals surface area contributed by atoms with Crippen LogP contribution < -0.4 is 10.5 Å². The van der Waals surface area contributed by atoms with Crippen molar-refractivity contribution in [3.05, 3.63) is 77.7 Å². The summed E-state index contributed by atoms with van der Waals surface area (Å²) < 4.78 is 17.1. The third-order valence-electron chi connectivity index (χ3n) is 3.79. The van der Waals surface area contributed by atoms with Gasteiger partial charge in [0.1, 0.15) is 30.9 Å². The Bertz CT molecular complexity index is 686. The van der Waals surface area contributed by atoms with E-state index in [1.165, 1.54) is 6.26 Å². The Labute approximate surface area is 136 Å². The lowest BCUT2D eigenvalue weighted by Crippen LogP contribution is -2.32. The normalized spacial score (nSPS) is 18.1. The van der Waals surface area contributed by atoms with Crippen LogP contribution in [0.1, 0.15) is 18.4 Å². The Morgan fingerprint density at radius 3 is 2.91 bits per heavy atom. The number of rotatable bonds is 5. The van der Waals surface area contributed by atoms with Gasteiger partial charge in [0.05, 0.1) is 0 Å². The minimum atomic E-state index is -0.391. The van der Waals surface area contributed by atoms with Gasteiger partial charge in [-0.15, -0.1) is 0 Å². The molecule has 0 fully saturated rings. The minimum absolute atomic E-state index is 0.326. The van der Waals surface area contributed by atoms with E-state index in [9.17, 15) is 0 Å². The zero-order valence-corrected chi connectivity index (χ0v) is 13.2. The second-order valence-electron chi connectivity index (χ2n) is 5.58. The zero-order valence-electron chi connectivity index (χ0n) is 13.2. The van der Waals surface area contributed by atoms with Gasteiger partial charge in [-0.05, 0) is 37.0 Å². The summed E-state index contributed by atoms with van der Waals surface area (Å²) in [5.41, 5.74) is 8.37. The van der Waals surface area contributed by atoms with Crippen LogP contribution in [0.25, 0.3) is 0 Å². The topological polar surface area (TPSA) is 53.7 Å². The van der Waals surface area contributed by atoms with E-state index in [4.69, 9.17) is 19.9 Å². The molecule has 4 nitrogen and oxygen atoms in total. The first-order valence-corrected chi connectivity index (χ1v) is 7.77. The molecule has 0 saturated carbocycles. The molecule has 1 aliphatic carbocycles. The smallest absolute Gasteiger partial charge is 0.165 e. The van der Waals surface area contributed by atoms with Crippen molar-refractivity contribution >= 4 is 0 Å². The second-order valence-corrected chi connectivity index (χ2v) is 5.58. The van der Waals surface area contributed by atoms with Gasteiger partial charge in [-0.25, -0.2) is 0 Å². The van der Waals surface area contributed by atoms with Crippen LogP contribution >= 0.6 is 0 Å². The highest BCUT2D eigenvalue weighted by Crippen LogP contribution is 2.27. The summed E-state index contributed by atoms with van der Waals surface area (Å²) in [6.07, 6.45) is 11.3. The fraction of sp³-hybridized carbons (Fsp3) is 0.263. The molecule has 1 heterocycles. The molecule has 1 atom stereocenters. The van der Waals surface area contributed by atoms with Gasteiger partial charge in [-0.2, -0.15) is 0 Å². The zero-order chi connectivity index (χ0) is 16.1. The third-order valence-corrected chi connectivity index (χ3v) is 3.79. The quantitative estimate of drug-likeness (QED) is 0.900. The van der Waals surface area contributed by atoms with E-state index < -0.39 is 6.04 Å². The van der Waals surface area contributed by atoms with Crippen molar-refractivity contribution in [2.24, 2.45) is 5.73 Å². The van der Waals surface area contributed by atoms with Crippen molar-refractivity contribution in [1.82, 2.24) is 0 Å². The van der Waals surface area contributed by atoms with Gasteiger partial charge >= 0.3 is 0 Å². The Balaban J connectivity index is 1.59. The van der Waals surface area contributed by atoms with Crippen molar-refractivity contribution in [3.8, 4) is 5.75 Å². The lowest BCUT2D eigenvalue weighted by molar-refractivity contribution is 0.187. The molecule has 0 aromatic heterocycles. The Morgan fingerprint density at radius 1 is 1.26 bits per heavy atom. The SMILES string of the molecule is Cc1ccccc1OC[C@@H](N)C1=COC=C(C2=CC=CCC2)O1. The van der Waals surface area contributed by atoms with E-state index >= 15 is 0 Å². The van der Waals surface area contributed by atoms with Gasteiger partial charge in [0.25, 0.3) is 0 Å². The fourth-order valence-electron chi connectivity index (χ4n) is 2.43. The monoisotopic (exact) mass is 311 g/mol. The van der Waals surface area contributed by atoms with Crippen molar-refractivity contribution in [2.45, 2.75) is 25.8 Å². The average Bonchev–Trinajstić information content (AvgIpc) is 2.62. The lowest BCUT2D eigenvalue weighted by Gasteiger charge is -2.23. The summed E-state index contributed by atoms with van der Waals surface area (Å²) in [5, 5.41) is 0. The summed E-state index contributed by atoms with van der Waals surface area (Å²) in [7, 11) is 0. The molecule has 3 rings (SSSR count). The third kappa shape index (κ3) is 3.85. The van der Waals surface area contributed by atoms with Crippen molar-refractivity contribution in [3.63, 3.8) is 0 Å². The highest BCUT2D eigenvalue weighted by molar-refractivity contribution is 5.34. The van der Waals surface area contributed by atoms with E-state index in [0.29, 0.717) is 12.4 Å². The van der Waals surface area contributed by atoms with Crippen LogP contribution in [-0.2, 0) is 9.47 Å². The molecule has 120 valence electrons. The largest absolute Gasteiger partial charge is 0.491 e. The predicted molar refractivity (Wildman–Crippen MR) is 89.4 cm³/mol. The lowest BCUT2D eigenvalue weighted by atomic mass is 10.0. The molecule has 0 spiro atoms. The highest BCUT2D eigenvalue weighted by Gasteiger charge is 2.20. The summed E-state index contributed by atoms with van der Waals surface area (Å²) in [6.45, 7) is 2.33. The van der Waals surface area contributed by atoms with Crippen LogP contribution in [0, 0.1) is 6.92 Å². The van der Waals surface area contributed by atoms with Crippen LogP contribution in [0.2, 0.25) is 0 Å². The van der Waals surface area contributed by atoms with Crippen LogP contribution in [0.4, 0.5) is 0 Å². The highest BCUT2D eigenvalue weighted by atomic mass is 16.5. The number of para-hydroxylation sites is 1. The maximum Gasteiger partial charge on any atom is 0.165 e. The van der Waals surface area contributed by atoms with Gasteiger partial charge in [-0.1, -0.05) is 36.4 Å². The summed E-state index contributed by atoms with van der Waals surface area (Å²) >= 11 is 0. The van der Waals surface area contributed by atoms with Gasteiger partial charge < -0.3 is 19.9 Å². The molecule has 0 unspecified atom stereocenters. The molecule has 1 aliphatic heterocycles. The van der Waals surface area contributed by atoms with E-state index in [0.717, 1.165) is 35.5 Å². The standard InChI is InChI=1S/C19H21NO3/c1-14-7-5-6-10-17(14)22-11-16(20)19-13-21-12-18(23-19)15-8-3-2-4-9-15/h2-3,5-8,10,12-13,16H,4,9,11,20H2,1H3/t16-/m1/s1. The molecule has 1 aromatic carbocycles. The molecule has 1 aromatic rings. The van der Waals surface area contributed by atoms with Crippen molar-refractivity contribution in [2.75, 3.05) is 6.61 Å². The maximum absolute atomic E-state index is 6.18. The molecular weight excluding hydrogens is 290 g/mol. The van der Waals surface area contributed by atoms with Gasteiger partial charge in [0.15, 0.2) is 11.5 Å². The molecular formula is C19H21NO3. The fourth-order valence-corrected chi connectivity index (χ4v) is 2.43. The number of allylic oxidation sites excluding steroid dienone is 4. The maximum atomic E-state index is 6.18. The molecule has 2 aliphatic rings. The number of hydrogen-bond donors (Lipinski definition) is 1. The number of aryl methyl sites for hydroxylation is 1. The molecule has 4 heteroatoms. The first-order chi connectivity index (χ1) is 11.2. The average molecular weight is 311 g/mol. The Hall–Kier alpha value is -2.46.